The van der Waals surface area contributed by atoms with E-state index in [2.05, 4.69) is 36.8 Å². The molecule has 1 rings (SSSR count). The minimum Gasteiger partial charge on any atom is -0.392 e. The van der Waals surface area contributed by atoms with E-state index in [-0.39, 0.29) is 12.3 Å². The Bertz CT molecular complexity index is 333. The Morgan fingerprint density at radius 3 is 2.57 bits per heavy atom. The molecule has 0 fully saturated rings. The van der Waals surface area contributed by atoms with Gasteiger partial charge in [0.15, 0.2) is 0 Å². The molecule has 1 heterocycles. The van der Waals surface area contributed by atoms with E-state index in [1.807, 2.05) is 0 Å². The number of aliphatic hydroxyl groups is 1. The van der Waals surface area contributed by atoms with Crippen molar-refractivity contribution in [2.45, 2.75) is 18.4 Å². The molecule has 1 aromatic rings. The van der Waals surface area contributed by atoms with E-state index >= 15 is 0 Å². The summed E-state index contributed by atoms with van der Waals surface area (Å²) in [5.74, 6) is 0. The second kappa shape index (κ2) is 5.14. The monoisotopic (exact) mass is 329 g/mol. The minimum absolute atomic E-state index is 0.224. The van der Waals surface area contributed by atoms with Crippen molar-refractivity contribution in [2.75, 3.05) is 0 Å². The number of aliphatic hydroxyl groups excluding tert-OH is 1. The van der Waals surface area contributed by atoms with Gasteiger partial charge >= 0.3 is 0 Å². The topological polar surface area (TPSA) is 33.1 Å². The van der Waals surface area contributed by atoms with Crippen LogP contribution in [0.2, 0.25) is 0 Å². The molecule has 14 heavy (non-hydrogen) atoms. The highest BCUT2D eigenvalue weighted by Crippen LogP contribution is 2.26. The molecule has 1 aromatic heterocycles. The molecule has 0 aliphatic rings. The van der Waals surface area contributed by atoms with Gasteiger partial charge in [-0.25, -0.2) is 8.78 Å². The molecule has 0 aromatic carbocycles. The summed E-state index contributed by atoms with van der Waals surface area (Å²) in [6.07, 6.45) is -2.60. The molecule has 6 heteroatoms. The number of halogens is 4. The average molecular weight is 331 g/mol. The van der Waals surface area contributed by atoms with E-state index in [0.29, 0.717) is 21.1 Å². The van der Waals surface area contributed by atoms with Gasteiger partial charge in [0.25, 0.3) is 6.43 Å². The zero-order valence-electron chi connectivity index (χ0n) is 6.98. The molecule has 0 spiro atoms. The SMILES string of the molecule is OCc1c(Br)cc(C(F)F)nc1CBr. The molecule has 1 N–H and O–H groups in total. The quantitative estimate of drug-likeness (QED) is 0.863. The lowest BCUT2D eigenvalue weighted by molar-refractivity contribution is 0.145. The number of hydrogen-bond donors (Lipinski definition) is 1. The number of pyridine rings is 1. The van der Waals surface area contributed by atoms with Gasteiger partial charge in [-0.1, -0.05) is 31.9 Å². The standard InChI is InChI=1S/C8H7Br2F2NO/c9-2-7-4(3-14)5(10)1-6(13-7)8(11)12/h1,8,14H,2-3H2. The van der Waals surface area contributed by atoms with Crippen LogP contribution < -0.4 is 0 Å². The fourth-order valence-corrected chi connectivity index (χ4v) is 2.05. The number of alkyl halides is 3. The van der Waals surface area contributed by atoms with Crippen LogP contribution >= 0.6 is 31.9 Å². The van der Waals surface area contributed by atoms with Crippen molar-refractivity contribution in [3.05, 3.63) is 27.5 Å². The molecule has 0 radical (unpaired) electrons. The maximum absolute atomic E-state index is 12.3. The fraction of sp³-hybridized carbons (Fsp3) is 0.375. The van der Waals surface area contributed by atoms with Gasteiger partial charge in [0, 0.05) is 15.4 Å². The van der Waals surface area contributed by atoms with Crippen LogP contribution in [0.15, 0.2) is 10.5 Å². The summed E-state index contributed by atoms with van der Waals surface area (Å²) in [7, 11) is 0. The molecule has 0 amide bonds. The van der Waals surface area contributed by atoms with Gasteiger partial charge in [0.05, 0.1) is 12.3 Å². The molecule has 0 saturated heterocycles. The molecule has 0 atom stereocenters. The maximum atomic E-state index is 12.3. The second-order valence-corrected chi connectivity index (χ2v) is 3.96. The van der Waals surface area contributed by atoms with Crippen molar-refractivity contribution in [1.82, 2.24) is 4.98 Å². The Morgan fingerprint density at radius 1 is 1.50 bits per heavy atom. The number of nitrogens with zero attached hydrogens (tertiary/aromatic N) is 1. The van der Waals surface area contributed by atoms with E-state index in [1.165, 1.54) is 6.07 Å². The van der Waals surface area contributed by atoms with Crippen LogP contribution in [0.4, 0.5) is 8.78 Å². The summed E-state index contributed by atoms with van der Waals surface area (Å²) >= 11 is 6.24. The van der Waals surface area contributed by atoms with Crippen LogP contribution in [0.3, 0.4) is 0 Å². The third-order valence-corrected chi connectivity index (χ3v) is 2.92. The van der Waals surface area contributed by atoms with Crippen LogP contribution in [0.1, 0.15) is 23.4 Å². The van der Waals surface area contributed by atoms with Crippen LogP contribution in [0.25, 0.3) is 0 Å². The van der Waals surface area contributed by atoms with Gasteiger partial charge in [-0.15, -0.1) is 0 Å². The van der Waals surface area contributed by atoms with Gasteiger partial charge in [-0.05, 0) is 6.07 Å². The van der Waals surface area contributed by atoms with E-state index < -0.39 is 6.43 Å². The molecular formula is C8H7Br2F2NO. The number of rotatable bonds is 3. The Hall–Kier alpha value is -0.0700. The van der Waals surface area contributed by atoms with Gasteiger partial charge < -0.3 is 5.11 Å². The second-order valence-electron chi connectivity index (χ2n) is 2.55. The number of hydrogen-bond acceptors (Lipinski definition) is 2. The summed E-state index contributed by atoms with van der Waals surface area (Å²) in [6, 6.07) is 1.22. The molecule has 78 valence electrons. The average Bonchev–Trinajstić information content (AvgIpc) is 2.16. The van der Waals surface area contributed by atoms with Crippen molar-refractivity contribution >= 4 is 31.9 Å². The Labute approximate surface area is 96.6 Å². The molecule has 0 unspecified atom stereocenters. The Morgan fingerprint density at radius 2 is 2.14 bits per heavy atom. The first kappa shape index (κ1) is 12.0. The first-order valence-corrected chi connectivity index (χ1v) is 5.64. The van der Waals surface area contributed by atoms with E-state index in [1.54, 1.807) is 0 Å². The summed E-state index contributed by atoms with van der Waals surface area (Å²) in [6.45, 7) is -0.224. The lowest BCUT2D eigenvalue weighted by atomic mass is 10.2. The first-order valence-electron chi connectivity index (χ1n) is 3.73. The zero-order valence-corrected chi connectivity index (χ0v) is 10.1. The fourth-order valence-electron chi connectivity index (χ4n) is 0.999. The third kappa shape index (κ3) is 2.49. The van der Waals surface area contributed by atoms with Gasteiger partial charge in [0.2, 0.25) is 0 Å². The van der Waals surface area contributed by atoms with Crippen LogP contribution in [-0.4, -0.2) is 10.1 Å². The van der Waals surface area contributed by atoms with Crippen molar-refractivity contribution < 1.29 is 13.9 Å². The normalized spacial score (nSPS) is 11.0. The van der Waals surface area contributed by atoms with Crippen LogP contribution in [-0.2, 0) is 11.9 Å². The molecular weight excluding hydrogens is 324 g/mol. The smallest absolute Gasteiger partial charge is 0.280 e. The molecule has 2 nitrogen and oxygen atoms in total. The highest BCUT2D eigenvalue weighted by molar-refractivity contribution is 9.10. The third-order valence-electron chi connectivity index (χ3n) is 1.68. The minimum atomic E-state index is -2.60. The molecule has 0 bridgehead atoms. The predicted octanol–water partition coefficient (Wildman–Crippen LogP) is 3.17. The van der Waals surface area contributed by atoms with Crippen LogP contribution in [0, 0.1) is 0 Å². The first-order chi connectivity index (χ1) is 6.60. The summed E-state index contributed by atoms with van der Waals surface area (Å²) in [5, 5.41) is 9.32. The predicted molar refractivity (Wildman–Crippen MR) is 55.4 cm³/mol. The lowest BCUT2D eigenvalue weighted by Gasteiger charge is -2.09. The summed E-state index contributed by atoms with van der Waals surface area (Å²) in [5.41, 5.74) is 0.673. The number of aromatic nitrogens is 1. The van der Waals surface area contributed by atoms with Gasteiger partial charge in [-0.2, -0.15) is 0 Å². The van der Waals surface area contributed by atoms with Crippen molar-refractivity contribution in [3.63, 3.8) is 0 Å². The zero-order chi connectivity index (χ0) is 10.7. The molecule has 0 saturated carbocycles. The van der Waals surface area contributed by atoms with Gasteiger partial charge in [0.1, 0.15) is 5.69 Å². The molecule has 0 aliphatic heterocycles. The van der Waals surface area contributed by atoms with E-state index in [0.717, 1.165) is 0 Å². The highest BCUT2D eigenvalue weighted by Gasteiger charge is 2.15. The Balaban J connectivity index is 3.24. The van der Waals surface area contributed by atoms with Crippen molar-refractivity contribution in [1.29, 1.82) is 0 Å². The van der Waals surface area contributed by atoms with Gasteiger partial charge in [-0.3, -0.25) is 4.98 Å². The maximum Gasteiger partial charge on any atom is 0.280 e. The van der Waals surface area contributed by atoms with Crippen molar-refractivity contribution in [2.24, 2.45) is 0 Å². The lowest BCUT2D eigenvalue weighted by Crippen LogP contribution is -2.01. The molecule has 0 aliphatic carbocycles. The van der Waals surface area contributed by atoms with Crippen molar-refractivity contribution in [3.8, 4) is 0 Å². The summed E-state index contributed by atoms with van der Waals surface area (Å²) < 4.78 is 25.1. The Kier molecular flexibility index (Phi) is 4.40. The van der Waals surface area contributed by atoms with E-state index in [4.69, 9.17) is 5.11 Å². The van der Waals surface area contributed by atoms with Crippen LogP contribution in [0.5, 0.6) is 0 Å². The summed E-state index contributed by atoms with van der Waals surface area (Å²) in [4.78, 5) is 3.74. The highest BCUT2D eigenvalue weighted by atomic mass is 79.9. The largest absolute Gasteiger partial charge is 0.392 e. The van der Waals surface area contributed by atoms with E-state index in [9.17, 15) is 8.78 Å².